The van der Waals surface area contributed by atoms with Crippen LogP contribution in [0.25, 0.3) is 0 Å². The van der Waals surface area contributed by atoms with E-state index in [2.05, 4.69) is 5.32 Å². The lowest BCUT2D eigenvalue weighted by Crippen LogP contribution is -2.30. The van der Waals surface area contributed by atoms with Crippen LogP contribution < -0.4 is 10.1 Å². The van der Waals surface area contributed by atoms with Crippen molar-refractivity contribution in [1.82, 2.24) is 0 Å². The molecule has 1 N–H and O–H groups in total. The summed E-state index contributed by atoms with van der Waals surface area (Å²) in [5.41, 5.74) is 0.419. The Labute approximate surface area is 132 Å². The minimum Gasteiger partial charge on any atom is -0.481 e. The third kappa shape index (κ3) is 4.26. The normalized spacial score (nSPS) is 11.6. The van der Waals surface area contributed by atoms with E-state index >= 15 is 0 Å². The number of amides is 1. The van der Waals surface area contributed by atoms with Gasteiger partial charge < -0.3 is 10.1 Å². The Bertz CT molecular complexity index is 749. The standard InChI is InChI=1S/C16H15FN2O4/c1-10-4-3-5-13(8-10)23-11(2)16(20)18-12-6-7-14(17)15(9-12)19(21)22/h3-9,11H,1-2H3,(H,18,20)/t11-/m0/s1. The van der Waals surface area contributed by atoms with Gasteiger partial charge in [0.05, 0.1) is 4.92 Å². The van der Waals surface area contributed by atoms with E-state index in [1.807, 2.05) is 13.0 Å². The molecule has 0 aliphatic heterocycles. The van der Waals surface area contributed by atoms with E-state index < -0.39 is 28.4 Å². The van der Waals surface area contributed by atoms with Crippen molar-refractivity contribution < 1.29 is 18.8 Å². The molecule has 0 bridgehead atoms. The molecule has 0 radical (unpaired) electrons. The highest BCUT2D eigenvalue weighted by molar-refractivity contribution is 5.94. The average Bonchev–Trinajstić information content (AvgIpc) is 2.48. The fourth-order valence-corrected chi connectivity index (χ4v) is 1.92. The summed E-state index contributed by atoms with van der Waals surface area (Å²) in [6, 6.07) is 10.4. The largest absolute Gasteiger partial charge is 0.481 e. The van der Waals surface area contributed by atoms with Crippen molar-refractivity contribution in [3.05, 3.63) is 64.0 Å². The molecule has 6 nitrogen and oxygen atoms in total. The Hall–Kier alpha value is -2.96. The molecule has 0 aromatic heterocycles. The zero-order valence-electron chi connectivity index (χ0n) is 12.6. The Morgan fingerprint density at radius 3 is 2.70 bits per heavy atom. The van der Waals surface area contributed by atoms with Crippen molar-refractivity contribution in [3.8, 4) is 5.75 Å². The molecule has 0 saturated carbocycles. The number of carbonyl (C=O) groups is 1. The Balaban J connectivity index is 2.06. The van der Waals surface area contributed by atoms with Gasteiger partial charge in [-0.2, -0.15) is 4.39 Å². The van der Waals surface area contributed by atoms with Gasteiger partial charge in [-0.25, -0.2) is 0 Å². The van der Waals surface area contributed by atoms with Crippen molar-refractivity contribution in [2.24, 2.45) is 0 Å². The van der Waals surface area contributed by atoms with Gasteiger partial charge in [-0.15, -0.1) is 0 Å². The van der Waals surface area contributed by atoms with E-state index in [0.29, 0.717) is 5.75 Å². The van der Waals surface area contributed by atoms with Crippen LogP contribution in [0, 0.1) is 22.9 Å². The van der Waals surface area contributed by atoms with Gasteiger partial charge >= 0.3 is 5.69 Å². The topological polar surface area (TPSA) is 81.5 Å². The zero-order chi connectivity index (χ0) is 17.0. The molecule has 2 aromatic rings. The molecule has 0 aliphatic rings. The van der Waals surface area contributed by atoms with E-state index in [1.54, 1.807) is 25.1 Å². The molecular weight excluding hydrogens is 303 g/mol. The smallest absolute Gasteiger partial charge is 0.306 e. The van der Waals surface area contributed by atoms with E-state index in [4.69, 9.17) is 4.74 Å². The van der Waals surface area contributed by atoms with Crippen molar-refractivity contribution in [2.75, 3.05) is 5.32 Å². The van der Waals surface area contributed by atoms with Crippen LogP contribution in [0.1, 0.15) is 12.5 Å². The van der Waals surface area contributed by atoms with Crippen molar-refractivity contribution >= 4 is 17.3 Å². The number of aryl methyl sites for hydroxylation is 1. The molecule has 0 heterocycles. The first-order valence-corrected chi connectivity index (χ1v) is 6.85. The van der Waals surface area contributed by atoms with Crippen LogP contribution >= 0.6 is 0 Å². The number of ether oxygens (including phenoxy) is 1. The quantitative estimate of drug-likeness (QED) is 0.676. The summed E-state index contributed by atoms with van der Waals surface area (Å²) in [4.78, 5) is 21.9. The summed E-state index contributed by atoms with van der Waals surface area (Å²) in [5.74, 6) is -0.915. The molecule has 0 saturated heterocycles. The van der Waals surface area contributed by atoms with E-state index in [9.17, 15) is 19.3 Å². The van der Waals surface area contributed by atoms with Gasteiger partial charge in [0.1, 0.15) is 5.75 Å². The van der Waals surface area contributed by atoms with Gasteiger partial charge in [-0.3, -0.25) is 14.9 Å². The highest BCUT2D eigenvalue weighted by Gasteiger charge is 2.18. The Morgan fingerprint density at radius 2 is 2.04 bits per heavy atom. The lowest BCUT2D eigenvalue weighted by molar-refractivity contribution is -0.387. The number of benzene rings is 2. The molecule has 2 rings (SSSR count). The second-order valence-electron chi connectivity index (χ2n) is 4.99. The van der Waals surface area contributed by atoms with Gasteiger partial charge in [0.15, 0.2) is 6.10 Å². The minimum atomic E-state index is -0.961. The number of nitrogens with zero attached hydrogens (tertiary/aromatic N) is 1. The molecule has 7 heteroatoms. The molecule has 1 amide bonds. The van der Waals surface area contributed by atoms with Crippen LogP contribution in [-0.2, 0) is 4.79 Å². The number of hydrogen-bond donors (Lipinski definition) is 1. The number of carbonyl (C=O) groups excluding carboxylic acids is 1. The molecule has 0 spiro atoms. The second-order valence-corrected chi connectivity index (χ2v) is 4.99. The average molecular weight is 318 g/mol. The SMILES string of the molecule is Cc1cccc(O[C@@H](C)C(=O)Nc2ccc(F)c([N+](=O)[O-])c2)c1. The van der Waals surface area contributed by atoms with Crippen LogP contribution in [0.15, 0.2) is 42.5 Å². The first-order valence-electron chi connectivity index (χ1n) is 6.85. The highest BCUT2D eigenvalue weighted by Crippen LogP contribution is 2.22. The van der Waals surface area contributed by atoms with Crippen LogP contribution in [-0.4, -0.2) is 16.9 Å². The first kappa shape index (κ1) is 16.4. The maximum atomic E-state index is 13.3. The molecule has 0 unspecified atom stereocenters. The fraction of sp³-hybridized carbons (Fsp3) is 0.188. The molecule has 23 heavy (non-hydrogen) atoms. The molecule has 0 aliphatic carbocycles. The summed E-state index contributed by atoms with van der Waals surface area (Å²) in [6.45, 7) is 3.45. The third-order valence-corrected chi connectivity index (χ3v) is 3.08. The zero-order valence-corrected chi connectivity index (χ0v) is 12.6. The number of nitro benzene ring substituents is 1. The summed E-state index contributed by atoms with van der Waals surface area (Å²) in [7, 11) is 0. The summed E-state index contributed by atoms with van der Waals surface area (Å²) in [5, 5.41) is 13.2. The van der Waals surface area contributed by atoms with Gasteiger partial charge in [0, 0.05) is 11.8 Å². The van der Waals surface area contributed by atoms with Crippen LogP contribution in [0.3, 0.4) is 0 Å². The van der Waals surface area contributed by atoms with E-state index in [1.165, 1.54) is 6.07 Å². The van der Waals surface area contributed by atoms with Gasteiger partial charge in [-0.1, -0.05) is 12.1 Å². The third-order valence-electron chi connectivity index (χ3n) is 3.08. The molecular formula is C16H15FN2O4. The number of anilines is 1. The Morgan fingerprint density at radius 1 is 1.30 bits per heavy atom. The summed E-state index contributed by atoms with van der Waals surface area (Å²) < 4.78 is 18.8. The number of halogens is 1. The van der Waals surface area contributed by atoms with Crippen LogP contribution in [0.4, 0.5) is 15.8 Å². The predicted molar refractivity (Wildman–Crippen MR) is 83.0 cm³/mol. The van der Waals surface area contributed by atoms with Crippen molar-refractivity contribution in [1.29, 1.82) is 0 Å². The number of nitro groups is 1. The van der Waals surface area contributed by atoms with E-state index in [-0.39, 0.29) is 5.69 Å². The van der Waals surface area contributed by atoms with Crippen LogP contribution in [0.2, 0.25) is 0 Å². The predicted octanol–water partition coefficient (Wildman–Crippen LogP) is 3.45. The van der Waals surface area contributed by atoms with Gasteiger partial charge in [0.2, 0.25) is 5.82 Å². The molecule has 1 atom stereocenters. The fourth-order valence-electron chi connectivity index (χ4n) is 1.92. The van der Waals surface area contributed by atoms with Gasteiger partial charge in [0.25, 0.3) is 5.91 Å². The second kappa shape index (κ2) is 6.87. The lowest BCUT2D eigenvalue weighted by atomic mass is 10.2. The lowest BCUT2D eigenvalue weighted by Gasteiger charge is -2.15. The van der Waals surface area contributed by atoms with E-state index in [0.717, 1.165) is 17.7 Å². The number of rotatable bonds is 5. The summed E-state index contributed by atoms with van der Waals surface area (Å²) in [6.07, 6.45) is -0.819. The van der Waals surface area contributed by atoms with Crippen LogP contribution in [0.5, 0.6) is 5.75 Å². The van der Waals surface area contributed by atoms with Crippen molar-refractivity contribution in [3.63, 3.8) is 0 Å². The molecule has 0 fully saturated rings. The van der Waals surface area contributed by atoms with Gasteiger partial charge in [-0.05, 0) is 43.7 Å². The van der Waals surface area contributed by atoms with Crippen molar-refractivity contribution in [2.45, 2.75) is 20.0 Å². The Kier molecular flexibility index (Phi) is 4.90. The number of nitrogens with one attached hydrogen (secondary N) is 1. The maximum absolute atomic E-state index is 13.3. The highest BCUT2D eigenvalue weighted by atomic mass is 19.1. The number of hydrogen-bond acceptors (Lipinski definition) is 4. The molecule has 120 valence electrons. The minimum absolute atomic E-state index is 0.128. The maximum Gasteiger partial charge on any atom is 0.306 e. The first-order chi connectivity index (χ1) is 10.9. The monoisotopic (exact) mass is 318 g/mol. The summed E-state index contributed by atoms with van der Waals surface area (Å²) >= 11 is 0. The molecule has 2 aromatic carbocycles.